The van der Waals surface area contributed by atoms with Crippen molar-refractivity contribution in [1.29, 1.82) is 0 Å². The van der Waals surface area contributed by atoms with Crippen LogP contribution in [0.3, 0.4) is 0 Å². The van der Waals surface area contributed by atoms with E-state index in [1.54, 1.807) is 0 Å². The van der Waals surface area contributed by atoms with E-state index in [1.807, 2.05) is 103 Å². The zero-order valence-corrected chi connectivity index (χ0v) is 15.4. The monoisotopic (exact) mass is 364 g/mol. The molecule has 0 aliphatic rings. The van der Waals surface area contributed by atoms with Crippen LogP contribution >= 0.6 is 0 Å². The molecule has 4 rings (SSSR count). The zero-order chi connectivity index (χ0) is 19.2. The topological polar surface area (TPSA) is 26.3 Å². The van der Waals surface area contributed by atoms with Crippen LogP contribution in [0, 0.1) is 0 Å². The van der Waals surface area contributed by atoms with Gasteiger partial charge in [0.05, 0.1) is 0 Å². The summed E-state index contributed by atoms with van der Waals surface area (Å²) in [7, 11) is 0. The zero-order valence-electron chi connectivity index (χ0n) is 15.4. The van der Waals surface area contributed by atoms with Gasteiger partial charge in [-0.25, -0.2) is 0 Å². The van der Waals surface area contributed by atoms with E-state index in [2.05, 4.69) is 12.1 Å². The largest absolute Gasteiger partial charge is 0.426 e. The quantitative estimate of drug-likeness (QED) is 0.316. The molecule has 4 aromatic carbocycles. The highest BCUT2D eigenvalue weighted by Crippen LogP contribution is 2.28. The fourth-order valence-corrected chi connectivity index (χ4v) is 3.28. The van der Waals surface area contributed by atoms with Gasteiger partial charge in [0.2, 0.25) is 0 Å². The molecule has 0 aromatic heterocycles. The predicted molar refractivity (Wildman–Crippen MR) is 112 cm³/mol. The standard InChI is InChI=1S/C26H20O2/c27-26(25(22-12-6-2-7-13-22)23-14-8-3-9-15-23)28-24-18-16-21(17-19-24)20-10-4-1-5-11-20/h1-19,25H. The Kier molecular flexibility index (Phi) is 5.30. The summed E-state index contributed by atoms with van der Waals surface area (Å²) in [4.78, 5) is 13.0. The van der Waals surface area contributed by atoms with Crippen LogP contribution in [-0.2, 0) is 4.79 Å². The van der Waals surface area contributed by atoms with Gasteiger partial charge in [-0.05, 0) is 34.4 Å². The molecule has 0 saturated carbocycles. The van der Waals surface area contributed by atoms with Crippen LogP contribution < -0.4 is 4.74 Å². The molecule has 28 heavy (non-hydrogen) atoms. The van der Waals surface area contributed by atoms with E-state index in [9.17, 15) is 4.79 Å². The number of hydrogen-bond acceptors (Lipinski definition) is 2. The van der Waals surface area contributed by atoms with Crippen LogP contribution in [0.5, 0.6) is 5.75 Å². The van der Waals surface area contributed by atoms with E-state index in [0.717, 1.165) is 22.3 Å². The summed E-state index contributed by atoms with van der Waals surface area (Å²) < 4.78 is 5.74. The lowest BCUT2D eigenvalue weighted by Crippen LogP contribution is -2.20. The molecular formula is C26H20O2. The fourth-order valence-electron chi connectivity index (χ4n) is 3.28. The normalized spacial score (nSPS) is 10.6. The van der Waals surface area contributed by atoms with Crippen molar-refractivity contribution in [3.63, 3.8) is 0 Å². The number of hydrogen-bond donors (Lipinski definition) is 0. The molecule has 0 aliphatic carbocycles. The molecule has 2 nitrogen and oxygen atoms in total. The van der Waals surface area contributed by atoms with Gasteiger partial charge in [0.25, 0.3) is 0 Å². The highest BCUT2D eigenvalue weighted by Gasteiger charge is 2.24. The predicted octanol–water partition coefficient (Wildman–Crippen LogP) is 6.09. The highest BCUT2D eigenvalue weighted by atomic mass is 16.5. The molecule has 0 saturated heterocycles. The Morgan fingerprint density at radius 2 is 0.964 bits per heavy atom. The van der Waals surface area contributed by atoms with Crippen LogP contribution in [0.1, 0.15) is 17.0 Å². The molecule has 0 N–H and O–H groups in total. The molecule has 136 valence electrons. The average molecular weight is 364 g/mol. The molecule has 0 atom stereocenters. The Balaban J connectivity index is 1.58. The third kappa shape index (κ3) is 4.02. The minimum atomic E-state index is -0.462. The van der Waals surface area contributed by atoms with Crippen molar-refractivity contribution in [2.24, 2.45) is 0 Å². The molecule has 0 radical (unpaired) electrons. The smallest absolute Gasteiger partial charge is 0.323 e. The van der Waals surface area contributed by atoms with Crippen molar-refractivity contribution in [2.45, 2.75) is 5.92 Å². The third-order valence-electron chi connectivity index (χ3n) is 4.68. The van der Waals surface area contributed by atoms with Gasteiger partial charge in [-0.2, -0.15) is 0 Å². The van der Waals surface area contributed by atoms with E-state index < -0.39 is 5.92 Å². The highest BCUT2D eigenvalue weighted by molar-refractivity contribution is 5.84. The molecule has 0 unspecified atom stereocenters. The minimum Gasteiger partial charge on any atom is -0.426 e. The minimum absolute atomic E-state index is 0.287. The van der Waals surface area contributed by atoms with Crippen molar-refractivity contribution in [2.75, 3.05) is 0 Å². The first-order valence-corrected chi connectivity index (χ1v) is 9.28. The van der Waals surface area contributed by atoms with Crippen molar-refractivity contribution in [3.8, 4) is 16.9 Å². The molecule has 2 heteroatoms. The van der Waals surface area contributed by atoms with Crippen molar-refractivity contribution >= 4 is 5.97 Å². The van der Waals surface area contributed by atoms with E-state index >= 15 is 0 Å². The molecule has 0 fully saturated rings. The SMILES string of the molecule is O=C(Oc1ccc(-c2ccccc2)cc1)C(c1ccccc1)c1ccccc1. The van der Waals surface area contributed by atoms with Gasteiger partial charge in [0.15, 0.2) is 0 Å². The Morgan fingerprint density at radius 3 is 1.46 bits per heavy atom. The van der Waals surface area contributed by atoms with E-state index in [1.165, 1.54) is 0 Å². The lowest BCUT2D eigenvalue weighted by molar-refractivity contribution is -0.135. The number of ether oxygens (including phenoxy) is 1. The number of carbonyl (C=O) groups is 1. The summed E-state index contributed by atoms with van der Waals surface area (Å²) in [5.41, 5.74) is 4.05. The van der Waals surface area contributed by atoms with E-state index in [-0.39, 0.29) is 5.97 Å². The van der Waals surface area contributed by atoms with Gasteiger partial charge >= 0.3 is 5.97 Å². The molecular weight excluding hydrogens is 344 g/mol. The van der Waals surface area contributed by atoms with Gasteiger partial charge in [-0.3, -0.25) is 4.79 Å². The van der Waals surface area contributed by atoms with E-state index in [4.69, 9.17) is 4.74 Å². The summed E-state index contributed by atoms with van der Waals surface area (Å²) >= 11 is 0. The molecule has 4 aromatic rings. The van der Waals surface area contributed by atoms with Gasteiger partial charge in [-0.1, -0.05) is 103 Å². The Hall–Kier alpha value is -3.65. The third-order valence-corrected chi connectivity index (χ3v) is 4.68. The second-order valence-corrected chi connectivity index (χ2v) is 6.57. The molecule has 0 heterocycles. The first-order chi connectivity index (χ1) is 13.8. The first kappa shape index (κ1) is 17.7. The van der Waals surface area contributed by atoms with Gasteiger partial charge in [-0.15, -0.1) is 0 Å². The number of carbonyl (C=O) groups excluding carboxylic acids is 1. The number of esters is 1. The lowest BCUT2D eigenvalue weighted by atomic mass is 9.91. The molecule has 0 aliphatic heterocycles. The van der Waals surface area contributed by atoms with Crippen LogP contribution in [0.4, 0.5) is 0 Å². The maximum Gasteiger partial charge on any atom is 0.323 e. The van der Waals surface area contributed by atoms with Crippen LogP contribution in [-0.4, -0.2) is 5.97 Å². The second-order valence-electron chi connectivity index (χ2n) is 6.57. The fraction of sp³-hybridized carbons (Fsp3) is 0.0385. The second kappa shape index (κ2) is 8.36. The van der Waals surface area contributed by atoms with Crippen molar-refractivity contribution in [3.05, 3.63) is 126 Å². The summed E-state index contributed by atoms with van der Waals surface area (Å²) in [6, 6.07) is 37.2. The Labute approximate surface area is 165 Å². The summed E-state index contributed by atoms with van der Waals surface area (Å²) in [5.74, 6) is -0.206. The lowest BCUT2D eigenvalue weighted by Gasteiger charge is -2.17. The van der Waals surface area contributed by atoms with E-state index in [0.29, 0.717) is 5.75 Å². The first-order valence-electron chi connectivity index (χ1n) is 9.28. The number of rotatable bonds is 5. The maximum atomic E-state index is 13.0. The maximum absolute atomic E-state index is 13.0. The number of benzene rings is 4. The van der Waals surface area contributed by atoms with Crippen LogP contribution in [0.15, 0.2) is 115 Å². The van der Waals surface area contributed by atoms with Gasteiger partial charge < -0.3 is 4.74 Å². The van der Waals surface area contributed by atoms with Crippen LogP contribution in [0.2, 0.25) is 0 Å². The van der Waals surface area contributed by atoms with Gasteiger partial charge in [0.1, 0.15) is 11.7 Å². The van der Waals surface area contributed by atoms with Gasteiger partial charge in [0, 0.05) is 0 Å². The average Bonchev–Trinajstić information content (AvgIpc) is 2.77. The van der Waals surface area contributed by atoms with Crippen LogP contribution in [0.25, 0.3) is 11.1 Å². The summed E-state index contributed by atoms with van der Waals surface area (Å²) in [5, 5.41) is 0. The van der Waals surface area contributed by atoms with Crippen molar-refractivity contribution in [1.82, 2.24) is 0 Å². The molecule has 0 bridgehead atoms. The molecule has 0 amide bonds. The molecule has 0 spiro atoms. The Morgan fingerprint density at radius 1 is 0.536 bits per heavy atom. The Bertz CT molecular complexity index is 985. The summed E-state index contributed by atoms with van der Waals surface area (Å²) in [6.45, 7) is 0. The van der Waals surface area contributed by atoms with Crippen molar-refractivity contribution < 1.29 is 9.53 Å². The summed E-state index contributed by atoms with van der Waals surface area (Å²) in [6.07, 6.45) is 0.